The molecule has 1 aromatic rings. The molecule has 0 aromatic heterocycles. The third-order valence-corrected chi connectivity index (χ3v) is 6.23. The molecule has 4 amide bonds. The predicted octanol–water partition coefficient (Wildman–Crippen LogP) is 3.80. The predicted molar refractivity (Wildman–Crippen MR) is 143 cm³/mol. The van der Waals surface area contributed by atoms with Crippen LogP contribution in [0.15, 0.2) is 18.2 Å². The van der Waals surface area contributed by atoms with Crippen LogP contribution in [-0.4, -0.2) is 52.4 Å². The van der Waals surface area contributed by atoms with Crippen LogP contribution in [0.2, 0.25) is 0 Å². The van der Waals surface area contributed by atoms with E-state index in [2.05, 4.69) is 17.6 Å². The summed E-state index contributed by atoms with van der Waals surface area (Å²) in [5.41, 5.74) is 7.20. The van der Waals surface area contributed by atoms with Gasteiger partial charge in [-0.2, -0.15) is 0 Å². The molecule has 0 radical (unpaired) electrons. The number of aryl methyl sites for hydroxylation is 2. The number of nitrogens with zero attached hydrogens (tertiary/aromatic N) is 1. The Kier molecular flexibility index (Phi) is 10.5. The molecule has 206 valence electrons. The standard InChI is InChI=1S/C28H44N4O5/c1-8-9-19(4)30-25(34)24(21-16-17(2)10-11-18(21)3)32(20-12-13-20)26(35)22(14-15-23(29)33)31-27(36)37-28(5,6)7/h10-11,16,19-20,22,24H,8-9,12-15H2,1-7H3,(H2,29,33)(H,30,34)(H,31,36). The van der Waals surface area contributed by atoms with Gasteiger partial charge < -0.3 is 26.0 Å². The lowest BCUT2D eigenvalue weighted by Crippen LogP contribution is -2.54. The summed E-state index contributed by atoms with van der Waals surface area (Å²) in [6.45, 7) is 13.0. The van der Waals surface area contributed by atoms with Crippen LogP contribution < -0.4 is 16.4 Å². The van der Waals surface area contributed by atoms with Crippen molar-refractivity contribution in [2.75, 3.05) is 0 Å². The molecule has 0 saturated heterocycles. The highest BCUT2D eigenvalue weighted by atomic mass is 16.6. The van der Waals surface area contributed by atoms with Gasteiger partial charge in [0, 0.05) is 18.5 Å². The van der Waals surface area contributed by atoms with Crippen molar-refractivity contribution in [3.63, 3.8) is 0 Å². The zero-order valence-electron chi connectivity index (χ0n) is 23.3. The number of benzene rings is 1. The monoisotopic (exact) mass is 516 g/mol. The summed E-state index contributed by atoms with van der Waals surface area (Å²) in [5.74, 6) is -1.28. The topological polar surface area (TPSA) is 131 Å². The average molecular weight is 517 g/mol. The summed E-state index contributed by atoms with van der Waals surface area (Å²) < 4.78 is 5.37. The molecule has 3 unspecified atom stereocenters. The number of nitrogens with one attached hydrogen (secondary N) is 2. The number of nitrogens with two attached hydrogens (primary N) is 1. The van der Waals surface area contributed by atoms with Gasteiger partial charge in [-0.1, -0.05) is 37.1 Å². The highest BCUT2D eigenvalue weighted by Gasteiger charge is 2.44. The van der Waals surface area contributed by atoms with Gasteiger partial charge in [-0.15, -0.1) is 0 Å². The van der Waals surface area contributed by atoms with Gasteiger partial charge in [0.1, 0.15) is 17.7 Å². The summed E-state index contributed by atoms with van der Waals surface area (Å²) in [6.07, 6.45) is 2.36. The average Bonchev–Trinajstić information content (AvgIpc) is 3.60. The van der Waals surface area contributed by atoms with Crippen LogP contribution in [0.1, 0.15) is 95.9 Å². The van der Waals surface area contributed by atoms with Gasteiger partial charge >= 0.3 is 6.09 Å². The van der Waals surface area contributed by atoms with Crippen LogP contribution in [0, 0.1) is 13.8 Å². The molecule has 1 aliphatic carbocycles. The molecular formula is C28H44N4O5. The summed E-state index contributed by atoms with van der Waals surface area (Å²) in [4.78, 5) is 53.7. The van der Waals surface area contributed by atoms with Crippen molar-refractivity contribution >= 4 is 23.8 Å². The first-order valence-corrected chi connectivity index (χ1v) is 13.2. The van der Waals surface area contributed by atoms with Crippen molar-refractivity contribution in [3.8, 4) is 0 Å². The van der Waals surface area contributed by atoms with E-state index in [1.54, 1.807) is 25.7 Å². The minimum Gasteiger partial charge on any atom is -0.444 e. The van der Waals surface area contributed by atoms with E-state index in [-0.39, 0.29) is 30.8 Å². The van der Waals surface area contributed by atoms with Crippen LogP contribution >= 0.6 is 0 Å². The van der Waals surface area contributed by atoms with Gasteiger partial charge in [-0.25, -0.2) is 4.79 Å². The van der Waals surface area contributed by atoms with E-state index in [0.29, 0.717) is 0 Å². The SMILES string of the molecule is CCCC(C)NC(=O)C(c1cc(C)ccc1C)N(C(=O)C(CCC(N)=O)NC(=O)OC(C)(C)C)C1CC1. The minimum atomic E-state index is -1.07. The third kappa shape index (κ3) is 9.37. The van der Waals surface area contributed by atoms with Crippen molar-refractivity contribution in [1.29, 1.82) is 0 Å². The first-order valence-electron chi connectivity index (χ1n) is 13.2. The van der Waals surface area contributed by atoms with E-state index >= 15 is 0 Å². The van der Waals surface area contributed by atoms with Crippen molar-refractivity contribution in [2.45, 2.75) is 117 Å². The minimum absolute atomic E-state index is 0.00397. The summed E-state index contributed by atoms with van der Waals surface area (Å²) in [6, 6.07) is 3.68. The molecule has 0 aliphatic heterocycles. The Bertz CT molecular complexity index is 983. The number of amides is 4. The van der Waals surface area contributed by atoms with E-state index in [1.165, 1.54) is 0 Å². The molecule has 1 aromatic carbocycles. The fraction of sp³-hybridized carbons (Fsp3) is 0.643. The lowest BCUT2D eigenvalue weighted by atomic mass is 9.95. The number of rotatable bonds is 12. The van der Waals surface area contributed by atoms with Gasteiger partial charge in [0.25, 0.3) is 0 Å². The number of primary amides is 1. The Morgan fingerprint density at radius 2 is 1.76 bits per heavy atom. The number of hydrogen-bond acceptors (Lipinski definition) is 5. The summed E-state index contributed by atoms with van der Waals surface area (Å²) in [7, 11) is 0. The van der Waals surface area contributed by atoms with Crippen molar-refractivity contribution in [3.05, 3.63) is 34.9 Å². The molecular weight excluding hydrogens is 472 g/mol. The van der Waals surface area contributed by atoms with Crippen molar-refractivity contribution in [1.82, 2.24) is 15.5 Å². The number of alkyl carbamates (subject to hydrolysis) is 1. The molecule has 4 N–H and O–H groups in total. The van der Waals surface area contributed by atoms with Crippen molar-refractivity contribution < 1.29 is 23.9 Å². The summed E-state index contributed by atoms with van der Waals surface area (Å²) in [5, 5.41) is 5.72. The zero-order chi connectivity index (χ0) is 27.9. The highest BCUT2D eigenvalue weighted by molar-refractivity contribution is 5.93. The second kappa shape index (κ2) is 12.9. The first kappa shape index (κ1) is 30.1. The van der Waals surface area contributed by atoms with Gasteiger partial charge in [0.2, 0.25) is 17.7 Å². The molecule has 0 bridgehead atoms. The lowest BCUT2D eigenvalue weighted by Gasteiger charge is -2.36. The molecule has 0 heterocycles. The Balaban J connectivity index is 2.50. The van der Waals surface area contributed by atoms with E-state index in [9.17, 15) is 19.2 Å². The van der Waals surface area contributed by atoms with Crippen LogP contribution in [0.5, 0.6) is 0 Å². The molecule has 1 aliphatic rings. The third-order valence-electron chi connectivity index (χ3n) is 6.23. The number of carbonyl (C=O) groups is 4. The number of hydrogen-bond donors (Lipinski definition) is 3. The van der Waals surface area contributed by atoms with Crippen molar-refractivity contribution in [2.24, 2.45) is 5.73 Å². The Hall–Kier alpha value is -3.10. The highest BCUT2D eigenvalue weighted by Crippen LogP contribution is 2.37. The molecule has 0 spiro atoms. The van der Waals surface area contributed by atoms with E-state index in [1.807, 2.05) is 39.0 Å². The van der Waals surface area contributed by atoms with Crippen LogP contribution in [0.3, 0.4) is 0 Å². The molecule has 3 atom stereocenters. The van der Waals surface area contributed by atoms with Gasteiger partial charge in [-0.3, -0.25) is 14.4 Å². The summed E-state index contributed by atoms with van der Waals surface area (Å²) >= 11 is 0. The maximum Gasteiger partial charge on any atom is 0.408 e. The fourth-order valence-corrected chi connectivity index (χ4v) is 4.34. The number of carbonyl (C=O) groups excluding carboxylic acids is 4. The molecule has 2 rings (SSSR count). The lowest BCUT2D eigenvalue weighted by molar-refractivity contribution is -0.143. The first-order chi connectivity index (χ1) is 17.2. The Labute approximate surface area is 220 Å². The maximum atomic E-state index is 14.1. The van der Waals surface area contributed by atoms with Gasteiger partial charge in [0.05, 0.1) is 0 Å². The van der Waals surface area contributed by atoms with Crippen LogP contribution in [-0.2, 0) is 19.1 Å². The maximum absolute atomic E-state index is 14.1. The molecule has 1 saturated carbocycles. The van der Waals surface area contributed by atoms with E-state index in [0.717, 1.165) is 42.4 Å². The van der Waals surface area contributed by atoms with Gasteiger partial charge in [0.15, 0.2) is 0 Å². The normalized spacial score (nSPS) is 15.8. The fourth-order valence-electron chi connectivity index (χ4n) is 4.34. The van der Waals surface area contributed by atoms with Gasteiger partial charge in [-0.05, 0) is 78.4 Å². The Morgan fingerprint density at radius 1 is 1.11 bits per heavy atom. The molecule has 9 nitrogen and oxygen atoms in total. The molecule has 1 fully saturated rings. The second-order valence-electron chi connectivity index (χ2n) is 11.1. The smallest absolute Gasteiger partial charge is 0.408 e. The molecule has 9 heteroatoms. The van der Waals surface area contributed by atoms with E-state index in [4.69, 9.17) is 10.5 Å². The molecule has 37 heavy (non-hydrogen) atoms. The quantitative estimate of drug-likeness (QED) is 0.389. The second-order valence-corrected chi connectivity index (χ2v) is 11.1. The van der Waals surface area contributed by atoms with Crippen LogP contribution in [0.4, 0.5) is 4.79 Å². The van der Waals surface area contributed by atoms with Crippen LogP contribution in [0.25, 0.3) is 0 Å². The largest absolute Gasteiger partial charge is 0.444 e. The zero-order valence-corrected chi connectivity index (χ0v) is 23.3. The Morgan fingerprint density at radius 3 is 2.30 bits per heavy atom. The van der Waals surface area contributed by atoms with E-state index < -0.39 is 35.6 Å². The number of ether oxygens (including phenoxy) is 1.